The van der Waals surface area contributed by atoms with E-state index >= 15 is 0 Å². The van der Waals surface area contributed by atoms with Crippen LogP contribution in [0, 0.1) is 3.57 Å². The minimum absolute atomic E-state index is 0.224. The molecule has 0 bridgehead atoms. The molecule has 0 amide bonds. The molecular weight excluding hydrogens is 337 g/mol. The van der Waals surface area contributed by atoms with E-state index in [0.29, 0.717) is 12.8 Å². The molecule has 1 aromatic rings. The second kappa shape index (κ2) is 6.15. The SMILES string of the molecule is NC1(CC(=O)Cc2ccc(I)cc2)CCCCC1. The number of hydrogen-bond donors (Lipinski definition) is 1. The monoisotopic (exact) mass is 357 g/mol. The van der Waals surface area contributed by atoms with E-state index in [1.807, 2.05) is 24.3 Å². The van der Waals surface area contributed by atoms with Crippen molar-refractivity contribution in [1.82, 2.24) is 0 Å². The van der Waals surface area contributed by atoms with Crippen molar-refractivity contribution in [2.75, 3.05) is 0 Å². The first-order chi connectivity index (χ1) is 8.57. The Hall–Kier alpha value is -0.420. The Morgan fingerprint density at radius 1 is 1.17 bits per heavy atom. The van der Waals surface area contributed by atoms with Gasteiger partial charge in [0.25, 0.3) is 0 Å². The highest BCUT2D eigenvalue weighted by molar-refractivity contribution is 14.1. The van der Waals surface area contributed by atoms with Crippen molar-refractivity contribution in [3.05, 3.63) is 33.4 Å². The summed E-state index contributed by atoms with van der Waals surface area (Å²) in [6.07, 6.45) is 6.69. The maximum Gasteiger partial charge on any atom is 0.139 e. The summed E-state index contributed by atoms with van der Waals surface area (Å²) < 4.78 is 1.20. The van der Waals surface area contributed by atoms with Gasteiger partial charge in [-0.25, -0.2) is 0 Å². The second-order valence-electron chi connectivity index (χ2n) is 5.44. The minimum atomic E-state index is -0.224. The van der Waals surface area contributed by atoms with E-state index in [9.17, 15) is 4.79 Å². The highest BCUT2D eigenvalue weighted by Crippen LogP contribution is 2.29. The van der Waals surface area contributed by atoms with Crippen LogP contribution in [0.3, 0.4) is 0 Å². The molecule has 0 aliphatic heterocycles. The fourth-order valence-electron chi connectivity index (χ4n) is 2.72. The zero-order chi connectivity index (χ0) is 13.0. The molecule has 98 valence electrons. The highest BCUT2D eigenvalue weighted by atomic mass is 127. The summed E-state index contributed by atoms with van der Waals surface area (Å²) in [7, 11) is 0. The first kappa shape index (κ1) is 14.0. The van der Waals surface area contributed by atoms with Crippen molar-refractivity contribution >= 4 is 28.4 Å². The molecule has 2 nitrogen and oxygen atoms in total. The van der Waals surface area contributed by atoms with Crippen molar-refractivity contribution in [2.45, 2.75) is 50.5 Å². The summed E-state index contributed by atoms with van der Waals surface area (Å²) in [5.74, 6) is 0.278. The number of rotatable bonds is 4. The van der Waals surface area contributed by atoms with Gasteiger partial charge in [-0.2, -0.15) is 0 Å². The van der Waals surface area contributed by atoms with Crippen molar-refractivity contribution in [2.24, 2.45) is 5.73 Å². The molecular formula is C15H20INO. The minimum Gasteiger partial charge on any atom is -0.325 e. The molecule has 0 unspecified atom stereocenters. The van der Waals surface area contributed by atoms with E-state index in [-0.39, 0.29) is 11.3 Å². The van der Waals surface area contributed by atoms with Crippen LogP contribution in [0.5, 0.6) is 0 Å². The normalized spacial score (nSPS) is 18.6. The molecule has 2 rings (SSSR count). The highest BCUT2D eigenvalue weighted by Gasteiger charge is 2.29. The Bertz CT molecular complexity index is 407. The summed E-state index contributed by atoms with van der Waals surface area (Å²) in [5, 5.41) is 0. The van der Waals surface area contributed by atoms with Crippen molar-refractivity contribution < 1.29 is 4.79 Å². The maximum absolute atomic E-state index is 12.1. The van der Waals surface area contributed by atoms with Gasteiger partial charge in [-0.15, -0.1) is 0 Å². The molecule has 0 heterocycles. The number of halogens is 1. The van der Waals surface area contributed by atoms with Gasteiger partial charge in [-0.3, -0.25) is 4.79 Å². The number of hydrogen-bond acceptors (Lipinski definition) is 2. The lowest BCUT2D eigenvalue weighted by atomic mass is 9.78. The zero-order valence-electron chi connectivity index (χ0n) is 10.6. The lowest BCUT2D eigenvalue weighted by Crippen LogP contribution is -2.43. The Kier molecular flexibility index (Phi) is 4.78. The van der Waals surface area contributed by atoms with Crippen molar-refractivity contribution in [1.29, 1.82) is 0 Å². The Morgan fingerprint density at radius 3 is 2.39 bits per heavy atom. The van der Waals surface area contributed by atoms with Crippen molar-refractivity contribution in [3.63, 3.8) is 0 Å². The van der Waals surface area contributed by atoms with Gasteiger partial charge in [0, 0.05) is 22.0 Å². The maximum atomic E-state index is 12.1. The molecule has 0 radical (unpaired) electrons. The van der Waals surface area contributed by atoms with E-state index in [1.165, 1.54) is 22.8 Å². The third kappa shape index (κ3) is 4.05. The Balaban J connectivity index is 1.90. The number of carbonyl (C=O) groups is 1. The van der Waals surface area contributed by atoms with Crippen LogP contribution in [-0.2, 0) is 11.2 Å². The van der Waals surface area contributed by atoms with E-state index in [1.54, 1.807) is 0 Å². The van der Waals surface area contributed by atoms with Gasteiger partial charge in [0.1, 0.15) is 5.78 Å². The van der Waals surface area contributed by atoms with Gasteiger partial charge in [0.15, 0.2) is 0 Å². The first-order valence-electron chi connectivity index (χ1n) is 6.62. The van der Waals surface area contributed by atoms with Crippen LogP contribution in [0.2, 0.25) is 0 Å². The van der Waals surface area contributed by atoms with Crippen LogP contribution in [0.15, 0.2) is 24.3 Å². The number of benzene rings is 1. The summed E-state index contributed by atoms with van der Waals surface area (Å²) in [6.45, 7) is 0. The number of Topliss-reactive ketones (excluding diaryl/α,β-unsaturated/α-hetero) is 1. The second-order valence-corrected chi connectivity index (χ2v) is 6.69. The summed E-state index contributed by atoms with van der Waals surface area (Å²) >= 11 is 2.27. The average Bonchev–Trinajstić information content (AvgIpc) is 2.32. The van der Waals surface area contributed by atoms with E-state index < -0.39 is 0 Å². The van der Waals surface area contributed by atoms with Gasteiger partial charge in [-0.05, 0) is 53.1 Å². The predicted octanol–water partition coefficient (Wildman–Crippen LogP) is 3.45. The van der Waals surface area contributed by atoms with Gasteiger partial charge >= 0.3 is 0 Å². The van der Waals surface area contributed by atoms with E-state index in [2.05, 4.69) is 22.6 Å². The number of nitrogens with two attached hydrogens (primary N) is 1. The summed E-state index contributed by atoms with van der Waals surface area (Å²) in [6, 6.07) is 8.15. The molecule has 3 heteroatoms. The zero-order valence-corrected chi connectivity index (χ0v) is 12.8. The van der Waals surface area contributed by atoms with Crippen LogP contribution < -0.4 is 5.73 Å². The molecule has 0 atom stereocenters. The lowest BCUT2D eigenvalue weighted by Gasteiger charge is -2.32. The molecule has 0 aromatic heterocycles. The molecule has 2 N–H and O–H groups in total. The van der Waals surface area contributed by atoms with Crippen molar-refractivity contribution in [3.8, 4) is 0 Å². The molecule has 0 saturated heterocycles. The molecule has 0 spiro atoms. The molecule has 1 saturated carbocycles. The van der Waals surface area contributed by atoms with Crippen LogP contribution in [-0.4, -0.2) is 11.3 Å². The number of ketones is 1. The van der Waals surface area contributed by atoms with Crippen LogP contribution in [0.4, 0.5) is 0 Å². The molecule has 1 fully saturated rings. The van der Waals surface area contributed by atoms with Gasteiger partial charge < -0.3 is 5.73 Å². The van der Waals surface area contributed by atoms with Crippen LogP contribution in [0.1, 0.15) is 44.1 Å². The molecule has 1 aromatic carbocycles. The Labute approximate surface area is 122 Å². The third-order valence-corrected chi connectivity index (χ3v) is 4.43. The van der Waals surface area contributed by atoms with Gasteiger partial charge in [0.2, 0.25) is 0 Å². The fourth-order valence-corrected chi connectivity index (χ4v) is 3.08. The van der Waals surface area contributed by atoms with E-state index in [0.717, 1.165) is 18.4 Å². The topological polar surface area (TPSA) is 43.1 Å². The van der Waals surface area contributed by atoms with E-state index in [4.69, 9.17) is 5.73 Å². The summed E-state index contributed by atoms with van der Waals surface area (Å²) in [4.78, 5) is 12.1. The number of carbonyl (C=O) groups excluding carboxylic acids is 1. The van der Waals surface area contributed by atoms with Gasteiger partial charge in [-0.1, -0.05) is 31.4 Å². The summed E-state index contributed by atoms with van der Waals surface area (Å²) in [5.41, 5.74) is 7.19. The largest absolute Gasteiger partial charge is 0.325 e. The molecule has 18 heavy (non-hydrogen) atoms. The van der Waals surface area contributed by atoms with Crippen LogP contribution in [0.25, 0.3) is 0 Å². The molecule has 1 aliphatic carbocycles. The first-order valence-corrected chi connectivity index (χ1v) is 7.70. The Morgan fingerprint density at radius 2 is 1.78 bits per heavy atom. The quantitative estimate of drug-likeness (QED) is 0.839. The lowest BCUT2D eigenvalue weighted by molar-refractivity contribution is -0.119. The van der Waals surface area contributed by atoms with Gasteiger partial charge in [0.05, 0.1) is 0 Å². The molecule has 1 aliphatic rings. The average molecular weight is 357 g/mol. The standard InChI is InChI=1S/C15H20INO/c16-13-6-4-12(5-7-13)10-14(18)11-15(17)8-2-1-3-9-15/h4-7H,1-3,8-11,17H2. The third-order valence-electron chi connectivity index (χ3n) is 3.71. The fraction of sp³-hybridized carbons (Fsp3) is 0.533. The van der Waals surface area contributed by atoms with Crippen LogP contribution >= 0.6 is 22.6 Å². The predicted molar refractivity (Wildman–Crippen MR) is 82.5 cm³/mol. The smallest absolute Gasteiger partial charge is 0.139 e.